The Labute approximate surface area is 121 Å². The Morgan fingerprint density at radius 1 is 1.47 bits per heavy atom. The van der Waals surface area contributed by atoms with Crippen molar-refractivity contribution in [2.75, 3.05) is 17.2 Å². The number of hydrogen-bond donors (Lipinski definition) is 1. The van der Waals surface area contributed by atoms with Gasteiger partial charge in [-0.05, 0) is 30.7 Å². The van der Waals surface area contributed by atoms with E-state index in [1.165, 1.54) is 0 Å². The van der Waals surface area contributed by atoms with Gasteiger partial charge in [-0.2, -0.15) is 0 Å². The number of nitrogens with two attached hydrogens (primary N) is 1. The quantitative estimate of drug-likeness (QED) is 0.898. The van der Waals surface area contributed by atoms with Crippen LogP contribution in [-0.4, -0.2) is 26.6 Å². The molecular weight excluding hydrogens is 332 g/mol. The molecule has 104 valence electrons. The van der Waals surface area contributed by atoms with Crippen LogP contribution in [0.4, 0.5) is 5.69 Å². The molecule has 0 radical (unpaired) electrons. The molecule has 1 fully saturated rings. The highest BCUT2D eigenvalue weighted by molar-refractivity contribution is 9.10. The molecule has 1 aliphatic heterocycles. The minimum Gasteiger partial charge on any atom is -0.312 e. The van der Waals surface area contributed by atoms with Crippen molar-refractivity contribution in [1.82, 2.24) is 0 Å². The third-order valence-electron chi connectivity index (χ3n) is 3.12. The first kappa shape index (κ1) is 14.5. The predicted octanol–water partition coefficient (Wildman–Crippen LogP) is 1.40. The van der Waals surface area contributed by atoms with E-state index in [4.69, 9.17) is 5.14 Å². The van der Waals surface area contributed by atoms with Crippen LogP contribution in [0.1, 0.15) is 12.0 Å². The first-order valence-electron chi connectivity index (χ1n) is 5.83. The summed E-state index contributed by atoms with van der Waals surface area (Å²) in [6, 6.07) is 5.65. The molecule has 1 atom stereocenters. The molecule has 5 nitrogen and oxygen atoms in total. The molecule has 0 spiro atoms. The zero-order valence-electron chi connectivity index (χ0n) is 10.5. The summed E-state index contributed by atoms with van der Waals surface area (Å²) in [5.74, 6) is -0.435. The molecule has 1 aliphatic rings. The Hall–Kier alpha value is -0.920. The van der Waals surface area contributed by atoms with Gasteiger partial charge < -0.3 is 4.90 Å². The minimum absolute atomic E-state index is 0.0564. The highest BCUT2D eigenvalue weighted by Crippen LogP contribution is 2.29. The van der Waals surface area contributed by atoms with Crippen LogP contribution in [0.15, 0.2) is 22.7 Å². The number of benzene rings is 1. The average molecular weight is 347 g/mol. The average Bonchev–Trinajstić information content (AvgIpc) is 2.56. The molecule has 0 saturated carbocycles. The molecule has 19 heavy (non-hydrogen) atoms. The van der Waals surface area contributed by atoms with Crippen molar-refractivity contribution >= 4 is 37.5 Å². The second-order valence-corrected chi connectivity index (χ2v) is 7.41. The van der Waals surface area contributed by atoms with Crippen LogP contribution in [0.5, 0.6) is 0 Å². The number of rotatable bonds is 3. The monoisotopic (exact) mass is 346 g/mol. The minimum atomic E-state index is -3.54. The van der Waals surface area contributed by atoms with E-state index in [2.05, 4.69) is 15.9 Å². The lowest BCUT2D eigenvalue weighted by Crippen LogP contribution is -2.27. The second kappa shape index (κ2) is 5.22. The van der Waals surface area contributed by atoms with E-state index in [0.29, 0.717) is 6.54 Å². The van der Waals surface area contributed by atoms with E-state index in [9.17, 15) is 13.2 Å². The lowest BCUT2D eigenvalue weighted by Gasteiger charge is -2.19. The van der Waals surface area contributed by atoms with Crippen molar-refractivity contribution in [1.29, 1.82) is 0 Å². The van der Waals surface area contributed by atoms with Crippen molar-refractivity contribution in [2.45, 2.75) is 13.3 Å². The van der Waals surface area contributed by atoms with Gasteiger partial charge in [0.05, 0.1) is 5.75 Å². The van der Waals surface area contributed by atoms with E-state index in [1.807, 2.05) is 25.1 Å². The van der Waals surface area contributed by atoms with Gasteiger partial charge in [0.15, 0.2) is 0 Å². The molecule has 0 aromatic heterocycles. The SMILES string of the molecule is Cc1cc(Br)ccc1N1CC(CS(N)(=O)=O)CC1=O. The number of aryl methyl sites for hydroxylation is 1. The summed E-state index contributed by atoms with van der Waals surface area (Å²) >= 11 is 3.37. The molecule has 1 aromatic carbocycles. The lowest BCUT2D eigenvalue weighted by atomic mass is 10.1. The number of anilines is 1. The normalized spacial score (nSPS) is 20.1. The number of primary sulfonamides is 1. The summed E-state index contributed by atoms with van der Waals surface area (Å²) in [4.78, 5) is 13.6. The molecule has 7 heteroatoms. The largest absolute Gasteiger partial charge is 0.312 e. The van der Waals surface area contributed by atoms with Crippen LogP contribution in [-0.2, 0) is 14.8 Å². The Morgan fingerprint density at radius 2 is 2.16 bits per heavy atom. The summed E-state index contributed by atoms with van der Waals surface area (Å²) in [7, 11) is -3.54. The molecule has 1 unspecified atom stereocenters. The topological polar surface area (TPSA) is 80.5 Å². The molecular formula is C12H15BrN2O3S. The maximum absolute atomic E-state index is 12.0. The van der Waals surface area contributed by atoms with Gasteiger partial charge in [-0.25, -0.2) is 13.6 Å². The number of sulfonamides is 1. The van der Waals surface area contributed by atoms with Gasteiger partial charge in [-0.15, -0.1) is 0 Å². The first-order chi connectivity index (χ1) is 8.76. The van der Waals surface area contributed by atoms with E-state index in [1.54, 1.807) is 4.90 Å². The van der Waals surface area contributed by atoms with Crippen LogP contribution >= 0.6 is 15.9 Å². The number of carbonyl (C=O) groups is 1. The van der Waals surface area contributed by atoms with E-state index in [-0.39, 0.29) is 24.0 Å². The Kier molecular flexibility index (Phi) is 3.98. The maximum Gasteiger partial charge on any atom is 0.227 e. The zero-order chi connectivity index (χ0) is 14.2. The highest BCUT2D eigenvalue weighted by Gasteiger charge is 2.33. The third-order valence-corrected chi connectivity index (χ3v) is 4.55. The fourth-order valence-corrected chi connectivity index (χ4v) is 3.73. The molecule has 1 amide bonds. The van der Waals surface area contributed by atoms with Gasteiger partial charge in [0, 0.05) is 29.0 Å². The van der Waals surface area contributed by atoms with Crippen molar-refractivity contribution in [3.63, 3.8) is 0 Å². The Balaban J connectivity index is 2.20. The summed E-state index contributed by atoms with van der Waals surface area (Å²) in [6.07, 6.45) is 0.228. The smallest absolute Gasteiger partial charge is 0.227 e. The van der Waals surface area contributed by atoms with Crippen molar-refractivity contribution < 1.29 is 13.2 Å². The van der Waals surface area contributed by atoms with E-state index in [0.717, 1.165) is 15.7 Å². The molecule has 1 heterocycles. The van der Waals surface area contributed by atoms with Gasteiger partial charge in [-0.1, -0.05) is 15.9 Å². The van der Waals surface area contributed by atoms with Crippen LogP contribution < -0.4 is 10.0 Å². The summed E-state index contributed by atoms with van der Waals surface area (Å²) in [6.45, 7) is 2.32. The molecule has 2 N–H and O–H groups in total. The third kappa shape index (κ3) is 3.55. The fraction of sp³-hybridized carbons (Fsp3) is 0.417. The van der Waals surface area contributed by atoms with E-state index < -0.39 is 10.0 Å². The van der Waals surface area contributed by atoms with Crippen LogP contribution in [0.2, 0.25) is 0 Å². The van der Waals surface area contributed by atoms with Crippen LogP contribution in [0, 0.1) is 12.8 Å². The second-order valence-electron chi connectivity index (χ2n) is 4.83. The van der Waals surface area contributed by atoms with Crippen LogP contribution in [0.25, 0.3) is 0 Å². The number of nitrogens with zero attached hydrogens (tertiary/aromatic N) is 1. The van der Waals surface area contributed by atoms with Crippen LogP contribution in [0.3, 0.4) is 0 Å². The number of hydrogen-bond acceptors (Lipinski definition) is 3. The lowest BCUT2D eigenvalue weighted by molar-refractivity contribution is -0.117. The number of amides is 1. The number of carbonyl (C=O) groups excluding carboxylic acids is 1. The van der Waals surface area contributed by atoms with Gasteiger partial charge in [0.25, 0.3) is 0 Å². The Morgan fingerprint density at radius 3 is 2.74 bits per heavy atom. The van der Waals surface area contributed by atoms with Gasteiger partial charge in [-0.3, -0.25) is 4.79 Å². The molecule has 0 aliphatic carbocycles. The Bertz CT molecular complexity index is 615. The molecule has 1 saturated heterocycles. The first-order valence-corrected chi connectivity index (χ1v) is 8.34. The van der Waals surface area contributed by atoms with Gasteiger partial charge in [0.2, 0.25) is 15.9 Å². The van der Waals surface area contributed by atoms with Crippen molar-refractivity contribution in [3.8, 4) is 0 Å². The standard InChI is InChI=1S/C12H15BrN2O3S/c1-8-4-10(13)2-3-11(8)15-6-9(5-12(15)16)7-19(14,17)18/h2-4,9H,5-7H2,1H3,(H2,14,17,18). The summed E-state index contributed by atoms with van der Waals surface area (Å²) < 4.78 is 23.1. The molecule has 2 rings (SSSR count). The van der Waals surface area contributed by atoms with Crippen molar-refractivity contribution in [3.05, 3.63) is 28.2 Å². The summed E-state index contributed by atoms with van der Waals surface area (Å²) in [5, 5.41) is 5.03. The van der Waals surface area contributed by atoms with Crippen molar-refractivity contribution in [2.24, 2.45) is 11.1 Å². The number of halogens is 1. The van der Waals surface area contributed by atoms with E-state index >= 15 is 0 Å². The maximum atomic E-state index is 12.0. The van der Waals surface area contributed by atoms with Gasteiger partial charge in [0.1, 0.15) is 0 Å². The molecule has 1 aromatic rings. The fourth-order valence-electron chi connectivity index (χ4n) is 2.38. The predicted molar refractivity (Wildman–Crippen MR) is 77.3 cm³/mol. The zero-order valence-corrected chi connectivity index (χ0v) is 12.9. The highest BCUT2D eigenvalue weighted by atomic mass is 79.9. The van der Waals surface area contributed by atoms with Gasteiger partial charge >= 0.3 is 0 Å². The summed E-state index contributed by atoms with van der Waals surface area (Å²) in [5.41, 5.74) is 1.80. The molecule has 0 bridgehead atoms.